The molecule has 13 rings (SSSR count). The number of nitrogens with zero attached hydrogens (tertiary/aromatic N) is 5. The lowest BCUT2D eigenvalue weighted by Gasteiger charge is -2.10. The van der Waals surface area contributed by atoms with E-state index in [4.69, 9.17) is 19.4 Å². The van der Waals surface area contributed by atoms with E-state index in [1.165, 1.54) is 27.2 Å². The summed E-state index contributed by atoms with van der Waals surface area (Å²) >= 11 is 0. The first-order chi connectivity index (χ1) is 31.2. The van der Waals surface area contributed by atoms with E-state index in [2.05, 4.69) is 149 Å². The summed E-state index contributed by atoms with van der Waals surface area (Å²) < 4.78 is 11.7. The van der Waals surface area contributed by atoms with Crippen LogP contribution in [0, 0.1) is 0 Å². The molecular formula is C57H35N5O. The van der Waals surface area contributed by atoms with Gasteiger partial charge in [0.25, 0.3) is 0 Å². The molecule has 0 bridgehead atoms. The molecule has 0 radical (unpaired) electrons. The molecule has 6 nitrogen and oxygen atoms in total. The van der Waals surface area contributed by atoms with E-state index in [1.54, 1.807) is 0 Å². The molecule has 6 heteroatoms. The number of benzene rings is 9. The van der Waals surface area contributed by atoms with Crippen molar-refractivity contribution >= 4 is 65.6 Å². The molecule has 0 fully saturated rings. The summed E-state index contributed by atoms with van der Waals surface area (Å²) in [6, 6.07) is 74.5. The van der Waals surface area contributed by atoms with E-state index in [0.717, 1.165) is 77.6 Å². The van der Waals surface area contributed by atoms with E-state index in [1.807, 2.05) is 72.8 Å². The number of para-hydroxylation sites is 4. The molecule has 13 aromatic rings. The van der Waals surface area contributed by atoms with Gasteiger partial charge in [0.15, 0.2) is 17.5 Å². The van der Waals surface area contributed by atoms with Crippen molar-refractivity contribution in [2.45, 2.75) is 0 Å². The first kappa shape index (κ1) is 35.2. The van der Waals surface area contributed by atoms with Gasteiger partial charge in [0.1, 0.15) is 11.2 Å². The van der Waals surface area contributed by atoms with Gasteiger partial charge in [-0.25, -0.2) is 15.0 Å². The maximum atomic E-state index is 6.88. The maximum Gasteiger partial charge on any atom is 0.164 e. The van der Waals surface area contributed by atoms with Gasteiger partial charge in [-0.05, 0) is 72.3 Å². The van der Waals surface area contributed by atoms with Crippen molar-refractivity contribution in [1.29, 1.82) is 0 Å². The van der Waals surface area contributed by atoms with Crippen molar-refractivity contribution in [2.75, 3.05) is 0 Å². The number of fused-ring (bicyclic) bond motifs is 9. The van der Waals surface area contributed by atoms with Gasteiger partial charge in [0, 0.05) is 65.9 Å². The smallest absolute Gasteiger partial charge is 0.164 e. The Labute approximate surface area is 361 Å². The van der Waals surface area contributed by atoms with Gasteiger partial charge < -0.3 is 13.6 Å². The standard InChI is InChI=1S/C57H35N5O/c1-4-16-36(17-5-1)55-58-56(37-18-6-2-7-19-37)60-57(59-55)38-30-33-52-46(34-38)45-26-14-25-44(54(45)63-52)43-24-15-29-51-53(43)47-35-40(31-32-50(47)61(51)39-20-8-3-9-21-39)62-48-27-12-10-22-41(48)42-23-11-13-28-49(42)62/h1-35H. The topological polar surface area (TPSA) is 61.7 Å². The lowest BCUT2D eigenvalue weighted by molar-refractivity contribution is 0.670. The third-order valence-corrected chi connectivity index (χ3v) is 12.4. The Morgan fingerprint density at radius 1 is 0.317 bits per heavy atom. The molecule has 0 aliphatic carbocycles. The minimum Gasteiger partial charge on any atom is -0.455 e. The van der Waals surface area contributed by atoms with Crippen molar-refractivity contribution in [3.63, 3.8) is 0 Å². The summed E-state index contributed by atoms with van der Waals surface area (Å²) in [5, 5.41) is 6.84. The Hall–Kier alpha value is -8.61. The molecule has 0 spiro atoms. The summed E-state index contributed by atoms with van der Waals surface area (Å²) in [5.41, 5.74) is 13.4. The third kappa shape index (κ3) is 5.55. The summed E-state index contributed by atoms with van der Waals surface area (Å²) in [4.78, 5) is 15.0. The van der Waals surface area contributed by atoms with Crippen molar-refractivity contribution in [3.8, 4) is 56.7 Å². The van der Waals surface area contributed by atoms with Gasteiger partial charge in [0.2, 0.25) is 0 Å². The minimum atomic E-state index is 0.604. The summed E-state index contributed by atoms with van der Waals surface area (Å²) in [7, 11) is 0. The molecule has 0 saturated carbocycles. The minimum absolute atomic E-state index is 0.604. The largest absolute Gasteiger partial charge is 0.455 e. The van der Waals surface area contributed by atoms with Gasteiger partial charge in [-0.2, -0.15) is 0 Å². The number of hydrogen-bond donors (Lipinski definition) is 0. The molecule has 0 aliphatic rings. The van der Waals surface area contributed by atoms with Gasteiger partial charge in [-0.15, -0.1) is 0 Å². The third-order valence-electron chi connectivity index (χ3n) is 12.4. The molecule has 0 N–H and O–H groups in total. The fourth-order valence-electron chi connectivity index (χ4n) is 9.57. The summed E-state index contributed by atoms with van der Waals surface area (Å²) in [5.74, 6) is 1.86. The Bertz CT molecular complexity index is 3790. The van der Waals surface area contributed by atoms with Crippen LogP contribution >= 0.6 is 0 Å². The number of furan rings is 1. The lowest BCUT2D eigenvalue weighted by atomic mass is 9.97. The number of hydrogen-bond acceptors (Lipinski definition) is 4. The first-order valence-electron chi connectivity index (χ1n) is 21.2. The first-order valence-corrected chi connectivity index (χ1v) is 21.2. The van der Waals surface area contributed by atoms with Crippen molar-refractivity contribution in [2.24, 2.45) is 0 Å². The molecule has 0 amide bonds. The van der Waals surface area contributed by atoms with E-state index in [9.17, 15) is 0 Å². The van der Waals surface area contributed by atoms with E-state index in [0.29, 0.717) is 17.5 Å². The van der Waals surface area contributed by atoms with Gasteiger partial charge in [0.05, 0.1) is 22.1 Å². The number of aromatic nitrogens is 5. The van der Waals surface area contributed by atoms with Crippen LogP contribution in [0.5, 0.6) is 0 Å². The van der Waals surface area contributed by atoms with Crippen LogP contribution in [-0.4, -0.2) is 24.1 Å². The van der Waals surface area contributed by atoms with Crippen LogP contribution in [0.3, 0.4) is 0 Å². The van der Waals surface area contributed by atoms with E-state index < -0.39 is 0 Å². The molecule has 0 atom stereocenters. The Morgan fingerprint density at radius 3 is 1.52 bits per heavy atom. The Morgan fingerprint density at radius 2 is 0.841 bits per heavy atom. The summed E-state index contributed by atoms with van der Waals surface area (Å²) in [6.45, 7) is 0. The van der Waals surface area contributed by atoms with Crippen LogP contribution in [0.25, 0.3) is 122 Å². The Kier molecular flexibility index (Phi) is 7.80. The molecular weight excluding hydrogens is 771 g/mol. The van der Waals surface area contributed by atoms with Crippen molar-refractivity contribution in [3.05, 3.63) is 212 Å². The quantitative estimate of drug-likeness (QED) is 0.168. The number of rotatable bonds is 6. The highest BCUT2D eigenvalue weighted by molar-refractivity contribution is 6.20. The SMILES string of the molecule is c1ccc(-c2nc(-c3ccccc3)nc(-c3ccc4oc5c(-c6cccc7c6c6cc(-n8c9ccccc9c9ccccc98)ccc6n7-c6ccccc6)cccc5c4c3)n2)cc1. The highest BCUT2D eigenvalue weighted by atomic mass is 16.3. The van der Waals surface area contributed by atoms with Crippen LogP contribution in [0.15, 0.2) is 217 Å². The Balaban J connectivity index is 1.03. The van der Waals surface area contributed by atoms with Gasteiger partial charge in [-0.1, -0.05) is 146 Å². The average Bonchev–Trinajstić information content (AvgIpc) is 4.02. The van der Waals surface area contributed by atoms with Gasteiger partial charge >= 0.3 is 0 Å². The normalized spacial score (nSPS) is 11.8. The molecule has 4 aromatic heterocycles. The molecule has 4 heterocycles. The average molecular weight is 806 g/mol. The second-order valence-corrected chi connectivity index (χ2v) is 16.0. The molecule has 0 aliphatic heterocycles. The zero-order chi connectivity index (χ0) is 41.4. The second kappa shape index (κ2) is 14.0. The summed E-state index contributed by atoms with van der Waals surface area (Å²) in [6.07, 6.45) is 0. The van der Waals surface area contributed by atoms with Crippen LogP contribution in [0.2, 0.25) is 0 Å². The highest BCUT2D eigenvalue weighted by Gasteiger charge is 2.22. The van der Waals surface area contributed by atoms with Crippen LogP contribution in [0.1, 0.15) is 0 Å². The molecule has 0 unspecified atom stereocenters. The van der Waals surface area contributed by atoms with Crippen LogP contribution in [-0.2, 0) is 0 Å². The monoisotopic (exact) mass is 805 g/mol. The van der Waals surface area contributed by atoms with Gasteiger partial charge in [-0.3, -0.25) is 0 Å². The fraction of sp³-hybridized carbons (Fsp3) is 0. The zero-order valence-corrected chi connectivity index (χ0v) is 33.9. The zero-order valence-electron chi connectivity index (χ0n) is 33.9. The van der Waals surface area contributed by atoms with Crippen molar-refractivity contribution in [1.82, 2.24) is 24.1 Å². The molecule has 0 saturated heterocycles. The second-order valence-electron chi connectivity index (χ2n) is 16.0. The molecule has 294 valence electrons. The van der Waals surface area contributed by atoms with Crippen molar-refractivity contribution < 1.29 is 4.42 Å². The fourth-order valence-corrected chi connectivity index (χ4v) is 9.57. The predicted octanol–water partition coefficient (Wildman–Crippen LogP) is 14.6. The lowest BCUT2D eigenvalue weighted by Crippen LogP contribution is -2.00. The predicted molar refractivity (Wildman–Crippen MR) is 258 cm³/mol. The highest BCUT2D eigenvalue weighted by Crippen LogP contribution is 2.44. The molecule has 9 aromatic carbocycles. The van der Waals surface area contributed by atoms with Crippen LogP contribution < -0.4 is 0 Å². The van der Waals surface area contributed by atoms with E-state index >= 15 is 0 Å². The maximum absolute atomic E-state index is 6.88. The molecule has 63 heavy (non-hydrogen) atoms. The van der Waals surface area contributed by atoms with Crippen LogP contribution in [0.4, 0.5) is 0 Å². The van der Waals surface area contributed by atoms with E-state index in [-0.39, 0.29) is 0 Å².